The van der Waals surface area contributed by atoms with E-state index in [0.717, 1.165) is 0 Å². The molecule has 0 aliphatic carbocycles. The Kier molecular flexibility index (Phi) is 9.29. The zero-order valence-corrected chi connectivity index (χ0v) is 17.7. The summed E-state index contributed by atoms with van der Waals surface area (Å²) in [6.07, 6.45) is 2.94. The minimum absolute atomic E-state index is 0.223. The van der Waals surface area contributed by atoms with E-state index in [1.807, 2.05) is 6.92 Å². The molecule has 1 aliphatic rings. The highest BCUT2D eigenvalue weighted by atomic mass is 16.4. The number of carboxylic acids is 1. The van der Waals surface area contributed by atoms with Gasteiger partial charge in [0.25, 0.3) is 0 Å². The highest BCUT2D eigenvalue weighted by molar-refractivity contribution is 5.95. The summed E-state index contributed by atoms with van der Waals surface area (Å²) in [5.74, 6) is -2.95. The lowest BCUT2D eigenvalue weighted by Crippen LogP contribution is -2.58. The van der Waals surface area contributed by atoms with Gasteiger partial charge in [-0.1, -0.05) is 40.2 Å². The average molecular weight is 411 g/mol. The lowest BCUT2D eigenvalue weighted by Gasteiger charge is -2.31. The highest BCUT2D eigenvalue weighted by Gasteiger charge is 2.40. The molecule has 1 fully saturated rings. The predicted molar refractivity (Wildman–Crippen MR) is 109 cm³/mol. The first kappa shape index (κ1) is 24.6. The first-order valence-electron chi connectivity index (χ1n) is 10.1. The summed E-state index contributed by atoms with van der Waals surface area (Å²) in [7, 11) is 0. The van der Waals surface area contributed by atoms with Gasteiger partial charge in [0, 0.05) is 6.54 Å². The number of nitrogens with one attached hydrogen (secondary N) is 2. The Morgan fingerprint density at radius 3 is 2.31 bits per heavy atom. The second-order valence-corrected chi connectivity index (χ2v) is 7.89. The molecule has 9 heteroatoms. The van der Waals surface area contributed by atoms with Crippen LogP contribution in [0.2, 0.25) is 0 Å². The largest absolute Gasteiger partial charge is 0.480 e. The summed E-state index contributed by atoms with van der Waals surface area (Å²) in [5, 5.41) is 14.6. The van der Waals surface area contributed by atoms with E-state index >= 15 is 0 Å². The van der Waals surface area contributed by atoms with Gasteiger partial charge in [-0.15, -0.1) is 6.58 Å². The quantitative estimate of drug-likeness (QED) is 0.380. The molecule has 0 aromatic rings. The molecule has 164 valence electrons. The maximum atomic E-state index is 13.1. The van der Waals surface area contributed by atoms with Gasteiger partial charge >= 0.3 is 5.97 Å². The molecule has 3 amide bonds. The number of likely N-dealkylation sites (tertiary alicyclic amines) is 1. The first-order chi connectivity index (χ1) is 13.5. The molecular weight excluding hydrogens is 376 g/mol. The Labute approximate surface area is 172 Å². The van der Waals surface area contributed by atoms with Crippen LogP contribution < -0.4 is 16.4 Å². The minimum atomic E-state index is -1.10. The Bertz CT molecular complexity index is 636. The van der Waals surface area contributed by atoms with E-state index in [2.05, 4.69) is 17.2 Å². The predicted octanol–water partition coefficient (Wildman–Crippen LogP) is 0.247. The number of carbonyl (C=O) groups is 4. The molecule has 1 saturated heterocycles. The summed E-state index contributed by atoms with van der Waals surface area (Å²) in [6.45, 7) is 11.0. The molecule has 0 unspecified atom stereocenters. The molecule has 1 rings (SSSR count). The third kappa shape index (κ3) is 6.28. The second kappa shape index (κ2) is 10.9. The van der Waals surface area contributed by atoms with Crippen LogP contribution in [0, 0.1) is 11.8 Å². The topological polar surface area (TPSA) is 142 Å². The smallest absolute Gasteiger partial charge is 0.326 e. The van der Waals surface area contributed by atoms with E-state index in [9.17, 15) is 24.3 Å². The number of rotatable bonds is 10. The normalized spacial score (nSPS) is 20.5. The van der Waals surface area contributed by atoms with Crippen LogP contribution in [0.5, 0.6) is 0 Å². The van der Waals surface area contributed by atoms with Crippen LogP contribution in [0.3, 0.4) is 0 Å². The van der Waals surface area contributed by atoms with Crippen molar-refractivity contribution in [2.75, 3.05) is 6.54 Å². The van der Waals surface area contributed by atoms with Gasteiger partial charge in [0.1, 0.15) is 24.2 Å². The van der Waals surface area contributed by atoms with Gasteiger partial charge in [0.2, 0.25) is 17.7 Å². The summed E-state index contributed by atoms with van der Waals surface area (Å²) >= 11 is 0. The minimum Gasteiger partial charge on any atom is -0.480 e. The van der Waals surface area contributed by atoms with Crippen molar-refractivity contribution < 1.29 is 24.3 Å². The molecule has 1 heterocycles. The molecule has 0 aromatic heterocycles. The molecule has 0 bridgehead atoms. The fourth-order valence-corrected chi connectivity index (χ4v) is 3.28. The standard InChI is InChI=1S/C20H34N4O5/c1-6-12(5)16(20(28)29)23-18(26)14-9-8-10-24(14)19(27)15(11(3)4)22-17(25)13(21)7-2/h7,11-16H,2,6,8-10,21H2,1,3-5H3,(H,22,25)(H,23,26)(H,28,29)/t12-,13-,14-,15-,16-/m0/s1. The van der Waals surface area contributed by atoms with E-state index in [1.165, 1.54) is 11.0 Å². The molecule has 5 N–H and O–H groups in total. The number of carboxylic acid groups (broad SMARTS) is 1. The van der Waals surface area contributed by atoms with E-state index in [1.54, 1.807) is 20.8 Å². The zero-order chi connectivity index (χ0) is 22.3. The monoisotopic (exact) mass is 410 g/mol. The molecule has 0 radical (unpaired) electrons. The first-order valence-corrected chi connectivity index (χ1v) is 10.1. The van der Waals surface area contributed by atoms with Crippen molar-refractivity contribution in [1.82, 2.24) is 15.5 Å². The van der Waals surface area contributed by atoms with Gasteiger partial charge in [0.15, 0.2) is 0 Å². The zero-order valence-electron chi connectivity index (χ0n) is 17.7. The van der Waals surface area contributed by atoms with Gasteiger partial charge in [0.05, 0.1) is 0 Å². The van der Waals surface area contributed by atoms with Crippen LogP contribution >= 0.6 is 0 Å². The summed E-state index contributed by atoms with van der Waals surface area (Å²) < 4.78 is 0. The van der Waals surface area contributed by atoms with Crippen molar-refractivity contribution in [3.05, 3.63) is 12.7 Å². The Hall–Kier alpha value is -2.42. The number of amides is 3. The maximum Gasteiger partial charge on any atom is 0.326 e. The lowest BCUT2D eigenvalue weighted by atomic mass is 9.98. The van der Waals surface area contributed by atoms with E-state index in [-0.39, 0.29) is 17.7 Å². The van der Waals surface area contributed by atoms with Crippen LogP contribution in [-0.2, 0) is 19.2 Å². The maximum absolute atomic E-state index is 13.1. The summed E-state index contributed by atoms with van der Waals surface area (Å²) in [6, 6.07) is -3.56. The highest BCUT2D eigenvalue weighted by Crippen LogP contribution is 2.21. The number of nitrogens with two attached hydrogens (primary N) is 1. The van der Waals surface area contributed by atoms with Crippen molar-refractivity contribution in [3.8, 4) is 0 Å². The molecule has 0 spiro atoms. The number of nitrogens with zero attached hydrogens (tertiary/aromatic N) is 1. The van der Waals surface area contributed by atoms with Crippen molar-refractivity contribution in [2.24, 2.45) is 17.6 Å². The van der Waals surface area contributed by atoms with Gasteiger partial charge in [-0.3, -0.25) is 14.4 Å². The van der Waals surface area contributed by atoms with Crippen LogP contribution in [0.4, 0.5) is 0 Å². The number of aliphatic carboxylic acids is 1. The molecule has 29 heavy (non-hydrogen) atoms. The summed E-state index contributed by atoms with van der Waals surface area (Å²) in [4.78, 5) is 51.0. The van der Waals surface area contributed by atoms with Crippen molar-refractivity contribution in [1.29, 1.82) is 0 Å². The van der Waals surface area contributed by atoms with Crippen LogP contribution in [0.1, 0.15) is 47.0 Å². The fourth-order valence-electron chi connectivity index (χ4n) is 3.28. The molecule has 5 atom stereocenters. The van der Waals surface area contributed by atoms with E-state index in [4.69, 9.17) is 5.73 Å². The summed E-state index contributed by atoms with van der Waals surface area (Å²) in [5.41, 5.74) is 5.64. The van der Waals surface area contributed by atoms with Crippen molar-refractivity contribution >= 4 is 23.7 Å². The molecule has 0 saturated carbocycles. The third-order valence-electron chi connectivity index (χ3n) is 5.40. The Morgan fingerprint density at radius 2 is 1.83 bits per heavy atom. The van der Waals surface area contributed by atoms with E-state index in [0.29, 0.717) is 25.8 Å². The lowest BCUT2D eigenvalue weighted by molar-refractivity contribution is -0.146. The van der Waals surface area contributed by atoms with Crippen LogP contribution in [-0.4, -0.2) is 64.4 Å². The number of carbonyl (C=O) groups excluding carboxylic acids is 3. The van der Waals surface area contributed by atoms with Gasteiger partial charge < -0.3 is 26.4 Å². The van der Waals surface area contributed by atoms with Crippen molar-refractivity contribution in [3.63, 3.8) is 0 Å². The molecule has 1 aliphatic heterocycles. The van der Waals surface area contributed by atoms with Crippen LogP contribution in [0.15, 0.2) is 12.7 Å². The molecular formula is C20H34N4O5. The average Bonchev–Trinajstić information content (AvgIpc) is 3.17. The van der Waals surface area contributed by atoms with Crippen molar-refractivity contribution in [2.45, 2.75) is 71.1 Å². The molecule has 9 nitrogen and oxygen atoms in total. The fraction of sp³-hybridized carbons (Fsp3) is 0.700. The SMILES string of the molecule is C=C[C@H](N)C(=O)N[C@H](C(=O)N1CCC[C@H]1C(=O)N[C@H](C(=O)O)[C@@H](C)CC)C(C)C. The third-order valence-corrected chi connectivity index (χ3v) is 5.40. The second-order valence-electron chi connectivity index (χ2n) is 7.89. The van der Waals surface area contributed by atoms with Crippen LogP contribution in [0.25, 0.3) is 0 Å². The number of hydrogen-bond donors (Lipinski definition) is 4. The molecule has 0 aromatic carbocycles. The number of hydrogen-bond acceptors (Lipinski definition) is 5. The van der Waals surface area contributed by atoms with Gasteiger partial charge in [-0.05, 0) is 24.7 Å². The Balaban J connectivity index is 2.95. The van der Waals surface area contributed by atoms with Gasteiger partial charge in [-0.2, -0.15) is 0 Å². The van der Waals surface area contributed by atoms with E-state index < -0.39 is 42.0 Å². The van der Waals surface area contributed by atoms with Gasteiger partial charge in [-0.25, -0.2) is 4.79 Å². The Morgan fingerprint density at radius 1 is 1.21 bits per heavy atom.